The monoisotopic (exact) mass is 438 g/mol. The first-order valence-corrected chi connectivity index (χ1v) is 9.48. The number of carbonyl (C=O) groups excluding carboxylic acids is 1. The zero-order valence-electron chi connectivity index (χ0n) is 16.1. The molecule has 0 unspecified atom stereocenters. The highest BCUT2D eigenvalue weighted by Gasteiger charge is 2.31. The predicted octanol–water partition coefficient (Wildman–Crippen LogP) is 4.92. The van der Waals surface area contributed by atoms with Crippen molar-refractivity contribution >= 4 is 23.2 Å². The molecule has 0 aliphatic rings. The molecule has 0 saturated heterocycles. The summed E-state index contributed by atoms with van der Waals surface area (Å²) < 4.78 is 46.4. The largest absolute Gasteiger partial charge is 0.460 e. The lowest BCUT2D eigenvalue weighted by atomic mass is 10.1. The van der Waals surface area contributed by atoms with Crippen molar-refractivity contribution < 1.29 is 22.7 Å². The van der Waals surface area contributed by atoms with Crippen molar-refractivity contribution in [1.29, 1.82) is 0 Å². The Hall–Kier alpha value is -3.07. The summed E-state index contributed by atoms with van der Waals surface area (Å²) in [5.41, 5.74) is 0.483. The molecule has 0 aliphatic carbocycles. The number of carbonyl (C=O) groups is 1. The first-order valence-electron chi connectivity index (χ1n) is 8.95. The van der Waals surface area contributed by atoms with Crippen LogP contribution in [0.25, 0.3) is 17.1 Å². The Balaban J connectivity index is 2.04. The summed E-state index contributed by atoms with van der Waals surface area (Å²) in [6.45, 7) is 3.58. The van der Waals surface area contributed by atoms with E-state index >= 15 is 0 Å². The van der Waals surface area contributed by atoms with Crippen LogP contribution in [0.4, 0.5) is 18.9 Å². The zero-order chi connectivity index (χ0) is 21.9. The molecule has 158 valence electrons. The first kappa shape index (κ1) is 21.6. The maximum Gasteiger partial charge on any atom is 0.416 e. The van der Waals surface area contributed by atoms with Gasteiger partial charge in [0.2, 0.25) is 5.91 Å². The highest BCUT2D eigenvalue weighted by molar-refractivity contribution is 6.29. The van der Waals surface area contributed by atoms with Crippen molar-refractivity contribution in [3.05, 3.63) is 54.1 Å². The summed E-state index contributed by atoms with van der Waals surface area (Å²) in [5, 5.41) is 6.90. The molecule has 2 aromatic carbocycles. The number of nitrogens with one attached hydrogen (secondary N) is 1. The second kappa shape index (κ2) is 8.74. The van der Waals surface area contributed by atoms with E-state index in [1.807, 2.05) is 0 Å². The Kier molecular flexibility index (Phi) is 6.31. The van der Waals surface area contributed by atoms with E-state index in [9.17, 15) is 18.0 Å². The van der Waals surface area contributed by atoms with Crippen molar-refractivity contribution in [2.24, 2.45) is 0 Å². The van der Waals surface area contributed by atoms with Gasteiger partial charge in [0, 0.05) is 11.3 Å². The molecule has 10 heteroatoms. The Morgan fingerprint density at radius 2 is 1.90 bits per heavy atom. The number of amides is 1. The fourth-order valence-corrected chi connectivity index (χ4v) is 2.70. The van der Waals surface area contributed by atoms with Gasteiger partial charge in [-0.15, -0.1) is 16.7 Å². The van der Waals surface area contributed by atoms with E-state index in [0.29, 0.717) is 11.4 Å². The molecule has 0 radical (unpaired) electrons. The lowest BCUT2D eigenvalue weighted by molar-refractivity contribution is -0.137. The van der Waals surface area contributed by atoms with E-state index in [0.717, 1.165) is 12.1 Å². The van der Waals surface area contributed by atoms with Crippen LogP contribution in [-0.4, -0.2) is 32.7 Å². The van der Waals surface area contributed by atoms with E-state index in [1.165, 1.54) is 16.8 Å². The molecule has 0 fully saturated rings. The number of ether oxygens (including phenoxy) is 1. The topological polar surface area (TPSA) is 69.0 Å². The normalized spacial score (nSPS) is 11.6. The minimum atomic E-state index is -4.49. The van der Waals surface area contributed by atoms with Crippen LogP contribution in [-0.2, 0) is 11.0 Å². The van der Waals surface area contributed by atoms with Gasteiger partial charge in [0.15, 0.2) is 5.82 Å². The maximum absolute atomic E-state index is 13.2. The van der Waals surface area contributed by atoms with Gasteiger partial charge in [-0.25, -0.2) is 4.68 Å². The van der Waals surface area contributed by atoms with Crippen molar-refractivity contribution in [2.45, 2.75) is 26.1 Å². The molecule has 1 amide bonds. The minimum Gasteiger partial charge on any atom is -0.460 e. The lowest BCUT2D eigenvalue weighted by Gasteiger charge is -2.10. The van der Waals surface area contributed by atoms with Gasteiger partial charge >= 0.3 is 12.2 Å². The van der Waals surface area contributed by atoms with E-state index in [2.05, 4.69) is 15.4 Å². The Morgan fingerprint density at radius 3 is 2.50 bits per heavy atom. The van der Waals surface area contributed by atoms with Gasteiger partial charge in [0.1, 0.15) is 5.88 Å². The standard InChI is InChI=1S/C20H18ClF3N4O2/c1-12(2)30-19-26-18(13-4-3-5-14(10-13)20(22,23)24)28(27-19)16-8-6-15(7-9-16)25-17(29)11-21/h3-10,12H,11H2,1-2H3,(H,25,29). The summed E-state index contributed by atoms with van der Waals surface area (Å²) in [7, 11) is 0. The zero-order valence-corrected chi connectivity index (χ0v) is 16.8. The number of hydrogen-bond acceptors (Lipinski definition) is 4. The quantitative estimate of drug-likeness (QED) is 0.555. The molecule has 0 saturated carbocycles. The van der Waals surface area contributed by atoms with Crippen LogP contribution in [0.15, 0.2) is 48.5 Å². The molecule has 0 aliphatic heterocycles. The number of halogens is 4. The summed E-state index contributed by atoms with van der Waals surface area (Å²) in [5.74, 6) is -0.350. The van der Waals surface area contributed by atoms with Gasteiger partial charge < -0.3 is 10.1 Å². The van der Waals surface area contributed by atoms with E-state index in [-0.39, 0.29) is 35.3 Å². The molecule has 0 spiro atoms. The van der Waals surface area contributed by atoms with Crippen LogP contribution in [0.5, 0.6) is 6.01 Å². The van der Waals surface area contributed by atoms with Crippen LogP contribution in [0, 0.1) is 0 Å². The third kappa shape index (κ3) is 5.10. The predicted molar refractivity (Wildman–Crippen MR) is 107 cm³/mol. The van der Waals surface area contributed by atoms with Gasteiger partial charge in [0.25, 0.3) is 0 Å². The molecular weight excluding hydrogens is 421 g/mol. The fraction of sp³-hybridized carbons (Fsp3) is 0.250. The highest BCUT2D eigenvalue weighted by atomic mass is 35.5. The minimum absolute atomic E-state index is 0.0388. The molecule has 1 heterocycles. The summed E-state index contributed by atoms with van der Waals surface area (Å²) in [6.07, 6.45) is -4.70. The molecule has 3 rings (SSSR count). The number of alkyl halides is 4. The Morgan fingerprint density at radius 1 is 1.20 bits per heavy atom. The van der Waals surface area contributed by atoms with Crippen molar-refractivity contribution in [3.63, 3.8) is 0 Å². The number of aromatic nitrogens is 3. The SMILES string of the molecule is CC(C)Oc1nc(-c2cccc(C(F)(F)F)c2)n(-c2ccc(NC(=O)CCl)cc2)n1. The molecule has 1 aromatic heterocycles. The van der Waals surface area contributed by atoms with E-state index in [4.69, 9.17) is 16.3 Å². The van der Waals surface area contributed by atoms with Gasteiger partial charge in [0.05, 0.1) is 17.4 Å². The fourth-order valence-electron chi connectivity index (χ4n) is 2.64. The van der Waals surface area contributed by atoms with Gasteiger partial charge in [-0.05, 0) is 50.2 Å². The molecule has 6 nitrogen and oxygen atoms in total. The van der Waals surface area contributed by atoms with Gasteiger partial charge in [-0.2, -0.15) is 18.2 Å². The lowest BCUT2D eigenvalue weighted by Crippen LogP contribution is -2.12. The van der Waals surface area contributed by atoms with Crippen LogP contribution in [0.2, 0.25) is 0 Å². The number of benzene rings is 2. The second-order valence-electron chi connectivity index (χ2n) is 6.60. The van der Waals surface area contributed by atoms with Crippen LogP contribution in [0.1, 0.15) is 19.4 Å². The Labute approximate surface area is 175 Å². The summed E-state index contributed by atoms with van der Waals surface area (Å²) in [4.78, 5) is 15.7. The molecule has 1 N–H and O–H groups in total. The molecule has 30 heavy (non-hydrogen) atoms. The number of hydrogen-bond donors (Lipinski definition) is 1. The van der Waals surface area contributed by atoms with Crippen LogP contribution < -0.4 is 10.1 Å². The molecule has 3 aromatic rings. The summed E-state index contributed by atoms with van der Waals surface area (Å²) in [6, 6.07) is 11.4. The number of nitrogens with zero attached hydrogens (tertiary/aromatic N) is 3. The van der Waals surface area contributed by atoms with Crippen LogP contribution in [0.3, 0.4) is 0 Å². The van der Waals surface area contributed by atoms with Gasteiger partial charge in [-0.1, -0.05) is 12.1 Å². The van der Waals surface area contributed by atoms with Gasteiger partial charge in [-0.3, -0.25) is 4.79 Å². The first-order chi connectivity index (χ1) is 14.2. The van der Waals surface area contributed by atoms with Crippen molar-refractivity contribution in [2.75, 3.05) is 11.2 Å². The summed E-state index contributed by atoms with van der Waals surface area (Å²) >= 11 is 5.48. The number of anilines is 1. The van der Waals surface area contributed by atoms with E-state index in [1.54, 1.807) is 38.1 Å². The second-order valence-corrected chi connectivity index (χ2v) is 6.87. The Bertz CT molecular complexity index is 1030. The third-order valence-electron chi connectivity index (χ3n) is 3.89. The third-order valence-corrected chi connectivity index (χ3v) is 4.14. The molecule has 0 atom stereocenters. The average Bonchev–Trinajstić information content (AvgIpc) is 3.11. The van der Waals surface area contributed by atoms with Crippen molar-refractivity contribution in [3.8, 4) is 23.1 Å². The van der Waals surface area contributed by atoms with E-state index < -0.39 is 11.7 Å². The highest BCUT2D eigenvalue weighted by Crippen LogP contribution is 2.33. The molecular formula is C20H18ClF3N4O2. The maximum atomic E-state index is 13.2. The molecule has 0 bridgehead atoms. The van der Waals surface area contributed by atoms with Crippen molar-refractivity contribution in [1.82, 2.24) is 14.8 Å². The smallest absolute Gasteiger partial charge is 0.416 e. The number of rotatable bonds is 6. The average molecular weight is 439 g/mol. The van der Waals surface area contributed by atoms with Crippen LogP contribution >= 0.6 is 11.6 Å².